The number of amides is 2. The summed E-state index contributed by atoms with van der Waals surface area (Å²) >= 11 is 0. The number of sulfonamides is 1. The highest BCUT2D eigenvalue weighted by Gasteiger charge is 2.20. The summed E-state index contributed by atoms with van der Waals surface area (Å²) in [5, 5.41) is 7.78. The van der Waals surface area contributed by atoms with Crippen LogP contribution in [0.25, 0.3) is 0 Å². The molecule has 1 aliphatic heterocycles. The van der Waals surface area contributed by atoms with Gasteiger partial charge in [0.25, 0.3) is 0 Å². The van der Waals surface area contributed by atoms with Gasteiger partial charge in [0, 0.05) is 18.8 Å². The number of anilines is 1. The zero-order valence-corrected chi connectivity index (χ0v) is 12.2. The Morgan fingerprint density at radius 3 is 2.55 bits per heavy atom. The smallest absolute Gasteiger partial charge is 0.321 e. The van der Waals surface area contributed by atoms with Crippen LogP contribution in [0.3, 0.4) is 0 Å². The van der Waals surface area contributed by atoms with Gasteiger partial charge in [0.2, 0.25) is 10.0 Å². The van der Waals surface area contributed by atoms with E-state index in [2.05, 4.69) is 12.2 Å². The number of primary sulfonamides is 1. The molecule has 20 heavy (non-hydrogen) atoms. The molecular weight excluding hydrogens is 278 g/mol. The Bertz CT molecular complexity index is 583. The Hall–Kier alpha value is -1.60. The summed E-state index contributed by atoms with van der Waals surface area (Å²) in [6, 6.07) is 5.67. The molecule has 6 nitrogen and oxygen atoms in total. The van der Waals surface area contributed by atoms with Crippen LogP contribution < -0.4 is 10.5 Å². The Kier molecular flexibility index (Phi) is 4.29. The average Bonchev–Trinajstić information content (AvgIpc) is 2.38. The van der Waals surface area contributed by atoms with Crippen molar-refractivity contribution >= 4 is 21.7 Å². The number of carbonyl (C=O) groups is 1. The normalized spacial score (nSPS) is 19.7. The Morgan fingerprint density at radius 1 is 1.35 bits per heavy atom. The molecule has 7 heteroatoms. The first kappa shape index (κ1) is 14.8. The van der Waals surface area contributed by atoms with Gasteiger partial charge in [-0.1, -0.05) is 6.92 Å². The Morgan fingerprint density at radius 2 is 2.00 bits per heavy atom. The van der Waals surface area contributed by atoms with Crippen LogP contribution in [-0.2, 0) is 10.0 Å². The van der Waals surface area contributed by atoms with Gasteiger partial charge in [-0.15, -0.1) is 0 Å². The highest BCUT2D eigenvalue weighted by molar-refractivity contribution is 7.89. The molecule has 1 atom stereocenters. The fourth-order valence-electron chi connectivity index (χ4n) is 2.30. The van der Waals surface area contributed by atoms with E-state index in [-0.39, 0.29) is 10.9 Å². The van der Waals surface area contributed by atoms with E-state index in [9.17, 15) is 13.2 Å². The summed E-state index contributed by atoms with van der Waals surface area (Å²) in [4.78, 5) is 13.9. The third-order valence-corrected chi connectivity index (χ3v) is 4.31. The molecule has 0 aromatic heterocycles. The molecule has 2 rings (SSSR count). The van der Waals surface area contributed by atoms with Gasteiger partial charge in [0.05, 0.1) is 4.90 Å². The summed E-state index contributed by atoms with van der Waals surface area (Å²) in [7, 11) is -3.70. The maximum absolute atomic E-state index is 12.1. The average molecular weight is 297 g/mol. The van der Waals surface area contributed by atoms with Crippen LogP contribution >= 0.6 is 0 Å². The van der Waals surface area contributed by atoms with Gasteiger partial charge < -0.3 is 10.2 Å². The predicted octanol–water partition coefficient (Wildman–Crippen LogP) is 1.60. The molecule has 0 bridgehead atoms. The quantitative estimate of drug-likeness (QED) is 0.868. The lowest BCUT2D eigenvalue weighted by atomic mass is 10.0. The minimum Gasteiger partial charge on any atom is -0.324 e. The van der Waals surface area contributed by atoms with Crippen LogP contribution in [0.5, 0.6) is 0 Å². The van der Waals surface area contributed by atoms with Crippen LogP contribution in [0.1, 0.15) is 19.8 Å². The maximum atomic E-state index is 12.1. The summed E-state index contributed by atoms with van der Waals surface area (Å²) in [6.07, 6.45) is 2.16. The van der Waals surface area contributed by atoms with Crippen molar-refractivity contribution in [1.82, 2.24) is 4.90 Å². The number of nitrogens with two attached hydrogens (primary N) is 1. The van der Waals surface area contributed by atoms with Gasteiger partial charge in [-0.05, 0) is 43.0 Å². The predicted molar refractivity (Wildman–Crippen MR) is 76.8 cm³/mol. The van der Waals surface area contributed by atoms with Crippen LogP contribution in [0.15, 0.2) is 29.2 Å². The van der Waals surface area contributed by atoms with Crippen molar-refractivity contribution in [1.29, 1.82) is 0 Å². The molecule has 110 valence electrons. The number of piperidine rings is 1. The lowest BCUT2D eigenvalue weighted by Crippen LogP contribution is -2.41. The number of hydrogen-bond acceptors (Lipinski definition) is 3. The fraction of sp³-hybridized carbons (Fsp3) is 0.462. The summed E-state index contributed by atoms with van der Waals surface area (Å²) in [5.41, 5.74) is 0.556. The van der Waals surface area contributed by atoms with E-state index < -0.39 is 10.0 Å². The van der Waals surface area contributed by atoms with E-state index in [0.717, 1.165) is 25.9 Å². The molecule has 0 unspecified atom stereocenters. The highest BCUT2D eigenvalue weighted by Crippen LogP contribution is 2.18. The summed E-state index contributed by atoms with van der Waals surface area (Å²) in [6.45, 7) is 3.63. The summed E-state index contributed by atoms with van der Waals surface area (Å²) < 4.78 is 22.3. The van der Waals surface area contributed by atoms with Gasteiger partial charge in [0.1, 0.15) is 0 Å². The van der Waals surface area contributed by atoms with Crippen molar-refractivity contribution in [2.45, 2.75) is 24.7 Å². The minimum absolute atomic E-state index is 0.0297. The van der Waals surface area contributed by atoms with Crippen molar-refractivity contribution < 1.29 is 13.2 Å². The molecule has 2 amide bonds. The number of rotatable bonds is 2. The van der Waals surface area contributed by atoms with E-state index in [0.29, 0.717) is 11.6 Å². The van der Waals surface area contributed by atoms with Crippen LogP contribution in [-0.4, -0.2) is 32.4 Å². The molecule has 3 N–H and O–H groups in total. The van der Waals surface area contributed by atoms with Crippen LogP contribution in [0.2, 0.25) is 0 Å². The largest absolute Gasteiger partial charge is 0.324 e. The van der Waals surface area contributed by atoms with Crippen molar-refractivity contribution in [2.75, 3.05) is 18.4 Å². The molecule has 1 saturated heterocycles. The second-order valence-corrected chi connectivity index (χ2v) is 6.75. The van der Waals surface area contributed by atoms with Crippen molar-refractivity contribution in [2.24, 2.45) is 11.1 Å². The standard InChI is InChI=1S/C13H19N3O3S/c1-10-3-2-8-16(9-10)13(17)15-11-4-6-12(7-5-11)20(14,18)19/h4-7,10H,2-3,8-9H2,1H3,(H,15,17)(H2,14,18,19)/t10-/m0/s1. The zero-order chi connectivity index (χ0) is 14.8. The van der Waals surface area contributed by atoms with E-state index in [1.54, 1.807) is 4.90 Å². The molecule has 0 aliphatic carbocycles. The number of nitrogens with zero attached hydrogens (tertiary/aromatic N) is 1. The second kappa shape index (κ2) is 5.80. The van der Waals surface area contributed by atoms with Gasteiger partial charge in [0.15, 0.2) is 0 Å². The number of urea groups is 1. The monoisotopic (exact) mass is 297 g/mol. The van der Waals surface area contributed by atoms with Gasteiger partial charge in [-0.2, -0.15) is 0 Å². The Labute approximate surface area is 119 Å². The van der Waals surface area contributed by atoms with E-state index in [1.807, 2.05) is 0 Å². The molecule has 1 aromatic rings. The number of hydrogen-bond donors (Lipinski definition) is 2. The van der Waals surface area contributed by atoms with Crippen molar-refractivity contribution in [3.05, 3.63) is 24.3 Å². The third kappa shape index (κ3) is 3.71. The van der Waals surface area contributed by atoms with E-state index in [1.165, 1.54) is 24.3 Å². The SMILES string of the molecule is C[C@H]1CCCN(C(=O)Nc2ccc(S(N)(=O)=O)cc2)C1. The second-order valence-electron chi connectivity index (χ2n) is 5.19. The molecular formula is C13H19N3O3S. The first-order valence-electron chi connectivity index (χ1n) is 6.55. The van der Waals surface area contributed by atoms with E-state index >= 15 is 0 Å². The van der Waals surface area contributed by atoms with Crippen LogP contribution in [0, 0.1) is 5.92 Å². The van der Waals surface area contributed by atoms with Crippen molar-refractivity contribution in [3.63, 3.8) is 0 Å². The van der Waals surface area contributed by atoms with Gasteiger partial charge >= 0.3 is 6.03 Å². The van der Waals surface area contributed by atoms with Crippen molar-refractivity contribution in [3.8, 4) is 0 Å². The summed E-state index contributed by atoms with van der Waals surface area (Å²) in [5.74, 6) is 0.513. The van der Waals surface area contributed by atoms with Gasteiger partial charge in [-0.3, -0.25) is 0 Å². The first-order chi connectivity index (χ1) is 9.36. The fourth-order valence-corrected chi connectivity index (χ4v) is 2.82. The molecule has 0 spiro atoms. The lowest BCUT2D eigenvalue weighted by molar-refractivity contribution is 0.182. The van der Waals surface area contributed by atoms with E-state index in [4.69, 9.17) is 5.14 Å². The molecule has 0 radical (unpaired) electrons. The maximum Gasteiger partial charge on any atom is 0.321 e. The molecule has 1 aromatic carbocycles. The lowest BCUT2D eigenvalue weighted by Gasteiger charge is -2.30. The molecule has 1 heterocycles. The highest BCUT2D eigenvalue weighted by atomic mass is 32.2. The number of carbonyl (C=O) groups excluding carboxylic acids is 1. The molecule has 1 aliphatic rings. The van der Waals surface area contributed by atoms with Crippen LogP contribution in [0.4, 0.5) is 10.5 Å². The molecule has 0 saturated carbocycles. The number of benzene rings is 1. The number of likely N-dealkylation sites (tertiary alicyclic amines) is 1. The first-order valence-corrected chi connectivity index (χ1v) is 8.09. The van der Waals surface area contributed by atoms with Gasteiger partial charge in [-0.25, -0.2) is 18.4 Å². The molecule has 1 fully saturated rings. The topological polar surface area (TPSA) is 92.5 Å². The zero-order valence-electron chi connectivity index (χ0n) is 11.4. The minimum atomic E-state index is -3.70. The number of nitrogens with one attached hydrogen (secondary N) is 1. The Balaban J connectivity index is 2.01. The third-order valence-electron chi connectivity index (χ3n) is 3.38.